The number of phenolic OH excluding ortho intramolecular Hbond substituents is 1. The van der Waals surface area contributed by atoms with Crippen molar-refractivity contribution in [2.75, 3.05) is 19.8 Å². The topological polar surface area (TPSA) is 108 Å². The fourth-order valence-electron chi connectivity index (χ4n) is 2.17. The Hall–Kier alpha value is -3.06. The van der Waals surface area contributed by atoms with E-state index in [1.165, 1.54) is 6.07 Å². The Balaban J connectivity index is 1.91. The number of carbonyl (C=O) groups excluding carboxylic acids is 2. The van der Waals surface area contributed by atoms with Crippen LogP contribution in [0.4, 0.5) is 0 Å². The third kappa shape index (κ3) is 5.50. The molecule has 132 valence electrons. The third-order valence-electron chi connectivity index (χ3n) is 3.37. The van der Waals surface area contributed by atoms with E-state index in [4.69, 9.17) is 9.84 Å². The van der Waals surface area contributed by atoms with Crippen molar-refractivity contribution in [2.45, 2.75) is 6.04 Å². The van der Waals surface area contributed by atoms with Crippen molar-refractivity contribution in [2.24, 2.45) is 0 Å². The summed E-state index contributed by atoms with van der Waals surface area (Å²) in [4.78, 5) is 23.8. The van der Waals surface area contributed by atoms with Gasteiger partial charge in [0.2, 0.25) is 11.8 Å². The summed E-state index contributed by atoms with van der Waals surface area (Å²) in [6.45, 7) is -0.364. The number of benzene rings is 2. The number of phenols is 1. The summed E-state index contributed by atoms with van der Waals surface area (Å²) in [5, 5.41) is 23.6. The molecule has 0 aliphatic heterocycles. The van der Waals surface area contributed by atoms with Gasteiger partial charge in [0.05, 0.1) is 6.54 Å². The molecule has 25 heavy (non-hydrogen) atoms. The molecular weight excluding hydrogens is 324 g/mol. The van der Waals surface area contributed by atoms with Crippen molar-refractivity contribution >= 4 is 11.8 Å². The monoisotopic (exact) mass is 344 g/mol. The number of para-hydroxylation sites is 2. The third-order valence-corrected chi connectivity index (χ3v) is 3.37. The Morgan fingerprint density at radius 3 is 2.40 bits per heavy atom. The summed E-state index contributed by atoms with van der Waals surface area (Å²) >= 11 is 0. The molecule has 0 aromatic heterocycles. The molecule has 4 N–H and O–H groups in total. The van der Waals surface area contributed by atoms with Crippen LogP contribution in [-0.2, 0) is 9.59 Å². The van der Waals surface area contributed by atoms with Crippen molar-refractivity contribution in [1.82, 2.24) is 10.6 Å². The van der Waals surface area contributed by atoms with Crippen LogP contribution in [0.1, 0.15) is 11.6 Å². The Kier molecular flexibility index (Phi) is 6.79. The van der Waals surface area contributed by atoms with Crippen LogP contribution in [-0.4, -0.2) is 41.8 Å². The molecule has 0 radical (unpaired) electrons. The van der Waals surface area contributed by atoms with Crippen LogP contribution in [0.2, 0.25) is 0 Å². The Labute approximate surface area is 145 Å². The average Bonchev–Trinajstić information content (AvgIpc) is 2.64. The lowest BCUT2D eigenvalue weighted by Crippen LogP contribution is -2.42. The van der Waals surface area contributed by atoms with Crippen LogP contribution in [0.3, 0.4) is 0 Å². The van der Waals surface area contributed by atoms with Crippen LogP contribution < -0.4 is 15.4 Å². The Morgan fingerprint density at radius 1 is 1.04 bits per heavy atom. The van der Waals surface area contributed by atoms with E-state index in [-0.39, 0.29) is 18.9 Å². The molecule has 0 heterocycles. The van der Waals surface area contributed by atoms with Crippen LogP contribution in [0.5, 0.6) is 11.5 Å². The summed E-state index contributed by atoms with van der Waals surface area (Å²) in [7, 11) is 0. The molecule has 0 aliphatic carbocycles. The van der Waals surface area contributed by atoms with Gasteiger partial charge < -0.3 is 25.6 Å². The van der Waals surface area contributed by atoms with Gasteiger partial charge in [-0.05, 0) is 17.7 Å². The molecular formula is C18H20N2O5. The van der Waals surface area contributed by atoms with Crippen molar-refractivity contribution in [3.8, 4) is 11.5 Å². The highest BCUT2D eigenvalue weighted by Crippen LogP contribution is 2.23. The number of carbonyl (C=O) groups is 2. The number of nitrogens with one attached hydrogen (secondary N) is 2. The van der Waals surface area contributed by atoms with E-state index in [1.54, 1.807) is 48.5 Å². The molecule has 2 amide bonds. The van der Waals surface area contributed by atoms with E-state index in [0.717, 1.165) is 0 Å². The van der Waals surface area contributed by atoms with Gasteiger partial charge in [0.1, 0.15) is 19.3 Å². The van der Waals surface area contributed by atoms with E-state index in [9.17, 15) is 14.7 Å². The number of aliphatic hydroxyl groups is 1. The highest BCUT2D eigenvalue weighted by Gasteiger charge is 2.21. The molecule has 2 rings (SSSR count). The van der Waals surface area contributed by atoms with Gasteiger partial charge in [0.15, 0.2) is 11.5 Å². The second-order valence-electron chi connectivity index (χ2n) is 5.18. The van der Waals surface area contributed by atoms with E-state index < -0.39 is 24.5 Å². The minimum Gasteiger partial charge on any atom is -0.504 e. The lowest BCUT2D eigenvalue weighted by Gasteiger charge is -2.18. The summed E-state index contributed by atoms with van der Waals surface area (Å²) in [6.07, 6.45) is 0. The second-order valence-corrected chi connectivity index (χ2v) is 5.18. The number of amides is 2. The number of aliphatic hydroxyl groups excluding tert-OH is 1. The molecule has 7 heteroatoms. The standard InChI is InChI=1S/C18H20N2O5/c21-12-16(23)20-17(13-6-2-1-3-7-13)18(24)19-10-11-25-15-9-5-4-8-14(15)22/h1-9,17,21-22H,10-12H2,(H,19,24)(H,20,23)/t17-/m1/s1. The molecule has 0 fully saturated rings. The largest absolute Gasteiger partial charge is 0.504 e. The van der Waals surface area contributed by atoms with Crippen LogP contribution in [0.15, 0.2) is 54.6 Å². The Morgan fingerprint density at radius 2 is 1.72 bits per heavy atom. The minimum atomic E-state index is -0.911. The van der Waals surface area contributed by atoms with Gasteiger partial charge in [0.25, 0.3) is 0 Å². The summed E-state index contributed by atoms with van der Waals surface area (Å²) in [6, 6.07) is 14.3. The van der Waals surface area contributed by atoms with Crippen molar-refractivity contribution in [3.63, 3.8) is 0 Å². The summed E-state index contributed by atoms with van der Waals surface area (Å²) < 4.78 is 5.38. The van der Waals surface area contributed by atoms with Crippen LogP contribution in [0.25, 0.3) is 0 Å². The molecule has 0 saturated carbocycles. The first-order valence-electron chi connectivity index (χ1n) is 7.75. The fraction of sp³-hybridized carbons (Fsp3) is 0.222. The van der Waals surface area contributed by atoms with Crippen molar-refractivity contribution < 1.29 is 24.5 Å². The molecule has 0 unspecified atom stereocenters. The molecule has 0 spiro atoms. The predicted molar refractivity (Wildman–Crippen MR) is 91.0 cm³/mol. The Bertz CT molecular complexity index is 706. The summed E-state index contributed by atoms with van der Waals surface area (Å²) in [5.74, 6) is -0.723. The average molecular weight is 344 g/mol. The lowest BCUT2D eigenvalue weighted by atomic mass is 10.1. The zero-order valence-electron chi connectivity index (χ0n) is 13.5. The summed E-state index contributed by atoms with van der Waals surface area (Å²) in [5.41, 5.74) is 0.600. The molecule has 0 aliphatic rings. The quantitative estimate of drug-likeness (QED) is 0.528. The molecule has 0 saturated heterocycles. The number of ether oxygens (including phenoxy) is 1. The molecule has 2 aromatic rings. The normalized spacial score (nSPS) is 11.4. The number of rotatable bonds is 8. The lowest BCUT2D eigenvalue weighted by molar-refractivity contribution is -0.130. The van der Waals surface area contributed by atoms with E-state index in [2.05, 4.69) is 10.6 Å². The molecule has 7 nitrogen and oxygen atoms in total. The highest BCUT2D eigenvalue weighted by molar-refractivity contribution is 5.88. The van der Waals surface area contributed by atoms with Crippen molar-refractivity contribution in [1.29, 1.82) is 0 Å². The zero-order valence-corrected chi connectivity index (χ0v) is 13.5. The number of aromatic hydroxyl groups is 1. The van der Waals surface area contributed by atoms with Gasteiger partial charge in [-0.3, -0.25) is 9.59 Å². The predicted octanol–water partition coefficient (Wildman–Crippen LogP) is 0.737. The first kappa shape index (κ1) is 18.3. The van der Waals surface area contributed by atoms with E-state index in [0.29, 0.717) is 11.3 Å². The van der Waals surface area contributed by atoms with Crippen molar-refractivity contribution in [3.05, 3.63) is 60.2 Å². The maximum Gasteiger partial charge on any atom is 0.247 e. The van der Waals surface area contributed by atoms with Gasteiger partial charge in [-0.25, -0.2) is 0 Å². The fourth-order valence-corrected chi connectivity index (χ4v) is 2.17. The number of hydrogen-bond acceptors (Lipinski definition) is 5. The van der Waals surface area contributed by atoms with E-state index in [1.807, 2.05) is 0 Å². The number of hydrogen-bond donors (Lipinski definition) is 4. The van der Waals surface area contributed by atoms with Gasteiger partial charge in [-0.2, -0.15) is 0 Å². The first-order chi connectivity index (χ1) is 12.1. The highest BCUT2D eigenvalue weighted by atomic mass is 16.5. The van der Waals surface area contributed by atoms with Crippen LogP contribution >= 0.6 is 0 Å². The minimum absolute atomic E-state index is 0.0196. The zero-order chi connectivity index (χ0) is 18.1. The molecule has 2 aromatic carbocycles. The van der Waals surface area contributed by atoms with Crippen LogP contribution in [0, 0.1) is 0 Å². The van der Waals surface area contributed by atoms with Gasteiger partial charge in [-0.15, -0.1) is 0 Å². The smallest absolute Gasteiger partial charge is 0.247 e. The maximum atomic E-state index is 12.4. The van der Waals surface area contributed by atoms with Gasteiger partial charge in [-0.1, -0.05) is 42.5 Å². The van der Waals surface area contributed by atoms with Gasteiger partial charge in [0, 0.05) is 0 Å². The molecule has 1 atom stereocenters. The first-order valence-corrected chi connectivity index (χ1v) is 7.75. The SMILES string of the molecule is O=C(CO)N[C@@H](C(=O)NCCOc1ccccc1O)c1ccccc1. The molecule has 0 bridgehead atoms. The van der Waals surface area contributed by atoms with Gasteiger partial charge >= 0.3 is 0 Å². The second kappa shape index (κ2) is 9.29. The van der Waals surface area contributed by atoms with E-state index >= 15 is 0 Å². The maximum absolute atomic E-state index is 12.4.